The summed E-state index contributed by atoms with van der Waals surface area (Å²) < 4.78 is 0. The Morgan fingerprint density at radius 2 is 1.94 bits per heavy atom. The molecule has 2 heterocycles. The van der Waals surface area contributed by atoms with Gasteiger partial charge in [-0.15, -0.1) is 11.3 Å². The molecule has 0 spiro atoms. The van der Waals surface area contributed by atoms with Gasteiger partial charge in [-0.2, -0.15) is 4.90 Å². The summed E-state index contributed by atoms with van der Waals surface area (Å²) in [4.78, 5) is 40.2. The molecule has 0 bridgehead atoms. The zero-order valence-electron chi connectivity index (χ0n) is 8.86. The lowest BCUT2D eigenvalue weighted by atomic mass is 10.0. The molecule has 17 heavy (non-hydrogen) atoms. The van der Waals surface area contributed by atoms with E-state index in [0.717, 1.165) is 41.2 Å². The van der Waals surface area contributed by atoms with Gasteiger partial charge in [-0.25, -0.2) is 9.78 Å². The molecule has 1 saturated heterocycles. The molecule has 3 rings (SSSR count). The van der Waals surface area contributed by atoms with Gasteiger partial charge in [0.05, 0.1) is 5.69 Å². The second kappa shape index (κ2) is 3.63. The number of hydrogen-bond donors (Lipinski definition) is 1. The molecule has 0 aromatic carbocycles. The van der Waals surface area contributed by atoms with Crippen molar-refractivity contribution in [3.05, 3.63) is 10.6 Å². The van der Waals surface area contributed by atoms with E-state index in [-0.39, 0.29) is 0 Å². The molecule has 0 saturated carbocycles. The number of nitrogens with zero attached hydrogens (tertiary/aromatic N) is 2. The number of fused-ring (bicyclic) bond motifs is 1. The van der Waals surface area contributed by atoms with E-state index in [1.165, 1.54) is 11.3 Å². The zero-order chi connectivity index (χ0) is 12.0. The third-order valence-corrected chi connectivity index (χ3v) is 3.99. The van der Waals surface area contributed by atoms with Crippen molar-refractivity contribution in [2.45, 2.75) is 25.7 Å². The van der Waals surface area contributed by atoms with Crippen LogP contribution in [0.4, 0.5) is 9.93 Å². The van der Waals surface area contributed by atoms with Crippen LogP contribution in [-0.4, -0.2) is 22.8 Å². The van der Waals surface area contributed by atoms with Crippen LogP contribution in [0.25, 0.3) is 0 Å². The predicted octanol–water partition coefficient (Wildman–Crippen LogP) is 0.605. The fourth-order valence-corrected chi connectivity index (χ4v) is 3.15. The van der Waals surface area contributed by atoms with E-state index >= 15 is 0 Å². The minimum atomic E-state index is -0.886. The van der Waals surface area contributed by atoms with Crippen LogP contribution in [0.15, 0.2) is 0 Å². The van der Waals surface area contributed by atoms with E-state index in [2.05, 4.69) is 4.98 Å². The number of imide groups is 2. The van der Waals surface area contributed by atoms with Crippen LogP contribution in [-0.2, 0) is 22.4 Å². The molecule has 1 aromatic heterocycles. The first kappa shape index (κ1) is 10.4. The van der Waals surface area contributed by atoms with Gasteiger partial charge in [-0.05, 0) is 25.7 Å². The molecule has 1 aliphatic heterocycles. The number of carbonyl (C=O) groups excluding carboxylic acids is 3. The molecule has 2 aliphatic rings. The van der Waals surface area contributed by atoms with Gasteiger partial charge in [0.25, 0.3) is 0 Å². The molecule has 88 valence electrons. The average Bonchev–Trinajstić information content (AvgIpc) is 2.81. The highest BCUT2D eigenvalue weighted by Crippen LogP contribution is 2.32. The van der Waals surface area contributed by atoms with Crippen LogP contribution >= 0.6 is 11.3 Å². The Labute approximate surface area is 101 Å². The summed E-state index contributed by atoms with van der Waals surface area (Å²) in [7, 11) is 0. The SMILES string of the molecule is O=C1NC(=O)N(c2nc3c(s2)CCCC3)C1=O. The summed E-state index contributed by atoms with van der Waals surface area (Å²) in [6.45, 7) is 0. The van der Waals surface area contributed by atoms with Gasteiger partial charge in [0.2, 0.25) is 5.13 Å². The van der Waals surface area contributed by atoms with E-state index in [1.807, 2.05) is 5.32 Å². The highest BCUT2D eigenvalue weighted by molar-refractivity contribution is 7.16. The van der Waals surface area contributed by atoms with Crippen molar-refractivity contribution in [3.8, 4) is 0 Å². The van der Waals surface area contributed by atoms with Crippen LogP contribution in [0.2, 0.25) is 0 Å². The normalized spacial score (nSPS) is 19.5. The molecular weight excluding hydrogens is 242 g/mol. The van der Waals surface area contributed by atoms with Gasteiger partial charge in [0.15, 0.2) is 0 Å². The van der Waals surface area contributed by atoms with Gasteiger partial charge in [-0.3, -0.25) is 14.9 Å². The zero-order valence-corrected chi connectivity index (χ0v) is 9.67. The van der Waals surface area contributed by atoms with Crippen molar-refractivity contribution >= 4 is 34.3 Å². The number of anilines is 1. The maximum Gasteiger partial charge on any atom is 0.338 e. The number of hydrogen-bond acceptors (Lipinski definition) is 5. The highest BCUT2D eigenvalue weighted by atomic mass is 32.1. The lowest BCUT2D eigenvalue weighted by Crippen LogP contribution is -2.30. The number of rotatable bonds is 1. The molecule has 7 heteroatoms. The number of amides is 4. The fraction of sp³-hybridized carbons (Fsp3) is 0.400. The van der Waals surface area contributed by atoms with Crippen molar-refractivity contribution in [2.75, 3.05) is 4.90 Å². The van der Waals surface area contributed by atoms with Crippen LogP contribution in [0.1, 0.15) is 23.4 Å². The summed E-state index contributed by atoms with van der Waals surface area (Å²) in [6.07, 6.45) is 4.00. The molecule has 0 unspecified atom stereocenters. The van der Waals surface area contributed by atoms with Crippen LogP contribution in [0, 0.1) is 0 Å². The second-order valence-electron chi connectivity index (χ2n) is 3.97. The number of carbonyl (C=O) groups is 3. The van der Waals surface area contributed by atoms with E-state index in [9.17, 15) is 14.4 Å². The third kappa shape index (κ3) is 1.54. The van der Waals surface area contributed by atoms with Gasteiger partial charge in [0, 0.05) is 4.88 Å². The summed E-state index contributed by atoms with van der Waals surface area (Å²) in [6, 6.07) is -0.703. The highest BCUT2D eigenvalue weighted by Gasteiger charge is 2.40. The molecule has 1 aliphatic carbocycles. The molecule has 4 amide bonds. The van der Waals surface area contributed by atoms with E-state index in [0.29, 0.717) is 5.13 Å². The van der Waals surface area contributed by atoms with Crippen LogP contribution in [0.5, 0.6) is 0 Å². The number of thiazole rings is 1. The maximum atomic E-state index is 11.5. The molecule has 1 fully saturated rings. The van der Waals surface area contributed by atoms with E-state index in [1.54, 1.807) is 0 Å². The monoisotopic (exact) mass is 251 g/mol. The molecule has 0 radical (unpaired) electrons. The van der Waals surface area contributed by atoms with E-state index in [4.69, 9.17) is 0 Å². The van der Waals surface area contributed by atoms with Crippen molar-refractivity contribution in [1.82, 2.24) is 10.3 Å². The Morgan fingerprint density at radius 1 is 1.18 bits per heavy atom. The Kier molecular flexibility index (Phi) is 2.22. The maximum absolute atomic E-state index is 11.5. The lowest BCUT2D eigenvalue weighted by Gasteiger charge is -2.06. The second-order valence-corrected chi connectivity index (χ2v) is 5.04. The smallest absolute Gasteiger partial charge is 0.269 e. The van der Waals surface area contributed by atoms with Crippen molar-refractivity contribution in [1.29, 1.82) is 0 Å². The topological polar surface area (TPSA) is 79.4 Å². The Morgan fingerprint density at radius 3 is 2.59 bits per heavy atom. The van der Waals surface area contributed by atoms with Crippen LogP contribution in [0.3, 0.4) is 0 Å². The minimum absolute atomic E-state index is 0.310. The van der Waals surface area contributed by atoms with Gasteiger partial charge in [-0.1, -0.05) is 0 Å². The van der Waals surface area contributed by atoms with Crippen LogP contribution < -0.4 is 10.2 Å². The molecule has 0 atom stereocenters. The number of aromatic nitrogens is 1. The Balaban J connectivity index is 1.99. The van der Waals surface area contributed by atoms with Gasteiger partial charge < -0.3 is 0 Å². The van der Waals surface area contributed by atoms with Crippen molar-refractivity contribution in [3.63, 3.8) is 0 Å². The summed E-state index contributed by atoms with van der Waals surface area (Å²) in [5, 5.41) is 2.27. The average molecular weight is 251 g/mol. The van der Waals surface area contributed by atoms with Gasteiger partial charge in [0.1, 0.15) is 0 Å². The quantitative estimate of drug-likeness (QED) is 0.585. The molecule has 1 N–H and O–H groups in total. The number of nitrogens with one attached hydrogen (secondary N) is 1. The van der Waals surface area contributed by atoms with Crippen molar-refractivity contribution in [2.24, 2.45) is 0 Å². The van der Waals surface area contributed by atoms with E-state index < -0.39 is 17.8 Å². The minimum Gasteiger partial charge on any atom is -0.269 e. The first-order valence-electron chi connectivity index (χ1n) is 5.35. The van der Waals surface area contributed by atoms with Crippen molar-refractivity contribution < 1.29 is 14.4 Å². The largest absolute Gasteiger partial charge is 0.338 e. The molecular formula is C10H9N3O3S. The Hall–Kier alpha value is -1.76. The van der Waals surface area contributed by atoms with Gasteiger partial charge >= 0.3 is 17.8 Å². The number of urea groups is 1. The Bertz CT molecular complexity index is 513. The number of aryl methyl sites for hydroxylation is 2. The summed E-state index contributed by atoms with van der Waals surface area (Å²) >= 11 is 1.32. The summed E-state index contributed by atoms with van der Waals surface area (Å²) in [5.74, 6) is -1.73. The summed E-state index contributed by atoms with van der Waals surface area (Å²) in [5.41, 5.74) is 0.955. The first-order chi connectivity index (χ1) is 8.16. The molecule has 1 aromatic rings. The lowest BCUT2D eigenvalue weighted by molar-refractivity contribution is -0.134. The predicted molar refractivity (Wildman–Crippen MR) is 59.8 cm³/mol. The standard InChI is InChI=1S/C10H9N3O3S/c14-7-8(15)13(9(16)12-7)10-11-5-3-1-2-4-6(5)17-10/h1-4H2,(H,12,14,16). The molecule has 6 nitrogen and oxygen atoms in total. The fourth-order valence-electron chi connectivity index (χ4n) is 2.01. The third-order valence-electron chi connectivity index (χ3n) is 2.85. The first-order valence-corrected chi connectivity index (χ1v) is 6.16.